The number of nitrogens with zero attached hydrogens (tertiary/aromatic N) is 1. The van der Waals surface area contributed by atoms with E-state index in [1.165, 1.54) is 11.3 Å². The Bertz CT molecular complexity index is 1070. The summed E-state index contributed by atoms with van der Waals surface area (Å²) in [5.74, 6) is -0.768. The zero-order valence-corrected chi connectivity index (χ0v) is 17.3. The second kappa shape index (κ2) is 8.55. The first-order valence-electron chi connectivity index (χ1n) is 9.60. The van der Waals surface area contributed by atoms with Gasteiger partial charge in [0.15, 0.2) is 0 Å². The third kappa shape index (κ3) is 3.74. The molecule has 1 atom stereocenters. The molecular weight excluding hydrogens is 398 g/mol. The molecule has 3 aromatic rings. The van der Waals surface area contributed by atoms with Crippen molar-refractivity contribution in [3.63, 3.8) is 0 Å². The standard InChI is InChI=1S/C24H21NO4S/c1-29-18-11-9-17(10-12-18)22(26)20-21(19-8-5-15-30-19)25(24(28)23(20)27)14-13-16-6-3-2-4-7-16/h2-12,15,21,26H,13-14H2,1H3. The number of ketones is 1. The smallest absolute Gasteiger partial charge is 0.295 e. The number of hydrogen-bond donors (Lipinski definition) is 1. The molecule has 1 N–H and O–H groups in total. The van der Waals surface area contributed by atoms with Gasteiger partial charge in [0.05, 0.1) is 18.7 Å². The van der Waals surface area contributed by atoms with E-state index in [2.05, 4.69) is 0 Å². The highest BCUT2D eigenvalue weighted by Gasteiger charge is 2.46. The molecule has 4 rings (SSSR count). The van der Waals surface area contributed by atoms with E-state index in [0.29, 0.717) is 24.3 Å². The van der Waals surface area contributed by atoms with Crippen LogP contribution < -0.4 is 4.74 Å². The van der Waals surface area contributed by atoms with Gasteiger partial charge in [-0.15, -0.1) is 11.3 Å². The number of rotatable bonds is 6. The van der Waals surface area contributed by atoms with Crippen LogP contribution >= 0.6 is 11.3 Å². The Hall–Kier alpha value is -3.38. The van der Waals surface area contributed by atoms with Crippen LogP contribution in [0.25, 0.3) is 5.76 Å². The molecule has 0 bridgehead atoms. The molecule has 152 valence electrons. The molecule has 1 aromatic heterocycles. The quantitative estimate of drug-likeness (QED) is 0.365. The maximum atomic E-state index is 12.9. The Morgan fingerprint density at radius 3 is 2.40 bits per heavy atom. The predicted molar refractivity (Wildman–Crippen MR) is 116 cm³/mol. The topological polar surface area (TPSA) is 66.8 Å². The molecule has 0 spiro atoms. The number of Topliss-reactive ketones (excluding diaryl/α,β-unsaturated/α-hetero) is 1. The lowest BCUT2D eigenvalue weighted by molar-refractivity contribution is -0.139. The van der Waals surface area contributed by atoms with Crippen molar-refractivity contribution in [2.24, 2.45) is 0 Å². The van der Waals surface area contributed by atoms with Crippen molar-refractivity contribution in [1.29, 1.82) is 0 Å². The molecule has 6 heteroatoms. The molecule has 1 fully saturated rings. The number of thiophene rings is 1. The second-order valence-corrected chi connectivity index (χ2v) is 7.95. The second-order valence-electron chi connectivity index (χ2n) is 6.97. The van der Waals surface area contributed by atoms with Gasteiger partial charge in [-0.1, -0.05) is 36.4 Å². The van der Waals surface area contributed by atoms with E-state index in [-0.39, 0.29) is 11.3 Å². The van der Waals surface area contributed by atoms with Crippen molar-refractivity contribution in [3.05, 3.63) is 93.7 Å². The number of aliphatic hydroxyl groups excluding tert-OH is 1. The van der Waals surface area contributed by atoms with Gasteiger partial charge in [-0.05, 0) is 47.7 Å². The molecule has 1 unspecified atom stereocenters. The van der Waals surface area contributed by atoms with E-state index in [9.17, 15) is 14.7 Å². The number of methoxy groups -OCH3 is 1. The zero-order valence-electron chi connectivity index (χ0n) is 16.4. The minimum Gasteiger partial charge on any atom is -0.507 e. The molecule has 1 aliphatic heterocycles. The number of benzene rings is 2. The van der Waals surface area contributed by atoms with Crippen LogP contribution in [0.1, 0.15) is 22.0 Å². The summed E-state index contributed by atoms with van der Waals surface area (Å²) in [6.07, 6.45) is 0.623. The number of amides is 1. The Kier molecular flexibility index (Phi) is 5.68. The minimum absolute atomic E-state index is 0.126. The number of carbonyl (C=O) groups is 2. The molecule has 2 heterocycles. The van der Waals surface area contributed by atoms with Gasteiger partial charge in [0, 0.05) is 17.0 Å². The number of ether oxygens (including phenoxy) is 1. The summed E-state index contributed by atoms with van der Waals surface area (Å²) < 4.78 is 5.16. The Labute approximate surface area is 178 Å². The normalized spacial score (nSPS) is 18.0. The summed E-state index contributed by atoms with van der Waals surface area (Å²) in [6, 6.07) is 19.8. The summed E-state index contributed by atoms with van der Waals surface area (Å²) in [6.45, 7) is 0.385. The van der Waals surface area contributed by atoms with Gasteiger partial charge in [0.1, 0.15) is 11.5 Å². The van der Waals surface area contributed by atoms with Crippen LogP contribution in [0.5, 0.6) is 5.75 Å². The molecule has 2 aromatic carbocycles. The van der Waals surface area contributed by atoms with Crippen molar-refractivity contribution < 1.29 is 19.4 Å². The third-order valence-corrected chi connectivity index (χ3v) is 6.13. The van der Waals surface area contributed by atoms with Gasteiger partial charge in [-0.3, -0.25) is 9.59 Å². The van der Waals surface area contributed by atoms with Gasteiger partial charge < -0.3 is 14.7 Å². The van der Waals surface area contributed by atoms with Crippen molar-refractivity contribution in [1.82, 2.24) is 4.90 Å². The summed E-state index contributed by atoms with van der Waals surface area (Å²) in [5.41, 5.74) is 1.68. The largest absolute Gasteiger partial charge is 0.507 e. The first kappa shape index (κ1) is 19.9. The number of aliphatic hydroxyl groups is 1. The van der Waals surface area contributed by atoms with Crippen LogP contribution in [0.15, 0.2) is 77.7 Å². The summed E-state index contributed by atoms with van der Waals surface area (Å²) >= 11 is 1.46. The fraction of sp³-hybridized carbons (Fsp3) is 0.167. The Morgan fingerprint density at radius 2 is 1.77 bits per heavy atom. The molecule has 30 heavy (non-hydrogen) atoms. The molecular formula is C24H21NO4S. The Morgan fingerprint density at radius 1 is 1.03 bits per heavy atom. The summed E-state index contributed by atoms with van der Waals surface area (Å²) in [5, 5.41) is 12.9. The highest BCUT2D eigenvalue weighted by atomic mass is 32.1. The average Bonchev–Trinajstić information content (AvgIpc) is 3.40. The van der Waals surface area contributed by atoms with Crippen molar-refractivity contribution in [2.45, 2.75) is 12.5 Å². The van der Waals surface area contributed by atoms with Crippen LogP contribution in [-0.2, 0) is 16.0 Å². The molecule has 0 saturated carbocycles. The van der Waals surface area contributed by atoms with Gasteiger partial charge >= 0.3 is 0 Å². The van der Waals surface area contributed by atoms with Crippen molar-refractivity contribution in [3.8, 4) is 5.75 Å². The molecule has 0 aliphatic carbocycles. The van der Waals surface area contributed by atoms with Crippen molar-refractivity contribution in [2.75, 3.05) is 13.7 Å². The molecule has 5 nitrogen and oxygen atoms in total. The first-order valence-corrected chi connectivity index (χ1v) is 10.5. The summed E-state index contributed by atoms with van der Waals surface area (Å²) in [4.78, 5) is 28.2. The monoisotopic (exact) mass is 419 g/mol. The fourth-order valence-electron chi connectivity index (χ4n) is 3.65. The zero-order chi connectivity index (χ0) is 21.1. The van der Waals surface area contributed by atoms with Crippen LogP contribution in [0.3, 0.4) is 0 Å². The molecule has 1 aliphatic rings. The minimum atomic E-state index is -0.658. The Balaban J connectivity index is 1.73. The van der Waals surface area contributed by atoms with Gasteiger partial charge in [-0.25, -0.2) is 0 Å². The maximum Gasteiger partial charge on any atom is 0.295 e. The number of hydrogen-bond acceptors (Lipinski definition) is 5. The fourth-order valence-corrected chi connectivity index (χ4v) is 4.50. The van der Waals surface area contributed by atoms with E-state index >= 15 is 0 Å². The number of likely N-dealkylation sites (tertiary alicyclic amines) is 1. The van der Waals surface area contributed by atoms with E-state index in [4.69, 9.17) is 4.74 Å². The van der Waals surface area contributed by atoms with Crippen LogP contribution in [0.2, 0.25) is 0 Å². The molecule has 0 radical (unpaired) electrons. The lowest BCUT2D eigenvalue weighted by Crippen LogP contribution is -2.31. The van der Waals surface area contributed by atoms with E-state index in [0.717, 1.165) is 10.4 Å². The predicted octanol–water partition coefficient (Wildman–Crippen LogP) is 4.42. The van der Waals surface area contributed by atoms with E-state index < -0.39 is 17.7 Å². The van der Waals surface area contributed by atoms with Gasteiger partial charge in [0.25, 0.3) is 11.7 Å². The number of carbonyl (C=O) groups excluding carboxylic acids is 2. The SMILES string of the molecule is COc1ccc(C(O)=C2C(=O)C(=O)N(CCc3ccccc3)C2c2cccs2)cc1. The molecule has 1 amide bonds. The lowest BCUT2D eigenvalue weighted by Gasteiger charge is -2.24. The van der Waals surface area contributed by atoms with E-state index in [1.54, 1.807) is 36.3 Å². The first-order chi connectivity index (χ1) is 14.6. The average molecular weight is 420 g/mol. The highest BCUT2D eigenvalue weighted by Crippen LogP contribution is 2.41. The van der Waals surface area contributed by atoms with Gasteiger partial charge in [0.2, 0.25) is 0 Å². The maximum absolute atomic E-state index is 12.9. The third-order valence-electron chi connectivity index (χ3n) is 5.20. The lowest BCUT2D eigenvalue weighted by atomic mass is 9.99. The summed E-state index contributed by atoms with van der Waals surface area (Å²) in [7, 11) is 1.56. The van der Waals surface area contributed by atoms with Crippen LogP contribution in [0, 0.1) is 0 Å². The van der Waals surface area contributed by atoms with Crippen molar-refractivity contribution >= 4 is 28.8 Å². The molecule has 1 saturated heterocycles. The van der Waals surface area contributed by atoms with E-state index in [1.807, 2.05) is 47.8 Å². The van der Waals surface area contributed by atoms with Crippen LogP contribution in [0.4, 0.5) is 0 Å². The highest BCUT2D eigenvalue weighted by molar-refractivity contribution is 7.10. The van der Waals surface area contributed by atoms with Crippen LogP contribution in [-0.4, -0.2) is 35.4 Å². The van der Waals surface area contributed by atoms with Gasteiger partial charge in [-0.2, -0.15) is 0 Å².